The summed E-state index contributed by atoms with van der Waals surface area (Å²) in [5.41, 5.74) is -0.207. The number of para-hydroxylation sites is 2. The van der Waals surface area contributed by atoms with Crippen molar-refractivity contribution in [2.45, 2.75) is 37.8 Å². The number of benzene rings is 1. The Morgan fingerprint density at radius 2 is 1.86 bits per heavy atom. The fourth-order valence-corrected chi connectivity index (χ4v) is 5.31. The zero-order valence-electron chi connectivity index (χ0n) is 20.6. The zero-order valence-corrected chi connectivity index (χ0v) is 22.1. The zero-order chi connectivity index (χ0) is 25.8. The van der Waals surface area contributed by atoms with E-state index in [2.05, 4.69) is 20.4 Å². The smallest absolute Gasteiger partial charge is 0.296 e. The molecular weight excluding hydrogens is 516 g/mol. The van der Waals surface area contributed by atoms with Crippen molar-refractivity contribution in [2.24, 2.45) is 5.16 Å². The highest BCUT2D eigenvalue weighted by Crippen LogP contribution is 2.39. The van der Waals surface area contributed by atoms with E-state index in [0.717, 1.165) is 25.1 Å². The highest BCUT2D eigenvalue weighted by Gasteiger charge is 2.52. The summed E-state index contributed by atoms with van der Waals surface area (Å²) in [5.74, 6) is 1.16. The molecule has 1 amide bonds. The Hall–Kier alpha value is -3.31. The van der Waals surface area contributed by atoms with Gasteiger partial charge < -0.3 is 29.5 Å². The lowest BCUT2D eigenvalue weighted by Gasteiger charge is -2.39. The van der Waals surface area contributed by atoms with Crippen LogP contribution in [0.4, 0.5) is 11.5 Å². The summed E-state index contributed by atoms with van der Waals surface area (Å²) in [6.45, 7) is 2.15. The molecule has 1 spiro atoms. The Balaban J connectivity index is 1.29. The highest BCUT2D eigenvalue weighted by molar-refractivity contribution is 7.80. The van der Waals surface area contributed by atoms with Gasteiger partial charge in [0.15, 0.2) is 0 Å². The Morgan fingerprint density at radius 1 is 1.11 bits per heavy atom. The van der Waals surface area contributed by atoms with Gasteiger partial charge in [-0.25, -0.2) is 4.98 Å². The standard InChI is InChI=1S/C25H29ClN6O4S/c1-34-20-10-4-3-9-19(20)28-24(37)35-32-22(29-36-25(32)11-5-2-6-12-25)23(33)31-16-14-30(15-17-31)21-18(26)8-7-13-27-21/h3-4,7-10,13H,2,5-6,11-12,14-17H2,1H3,(H,28,37). The van der Waals surface area contributed by atoms with Crippen molar-refractivity contribution in [2.75, 3.05) is 43.5 Å². The number of methoxy groups -OCH3 is 1. The molecular formula is C25H29ClN6O4S. The number of aromatic nitrogens is 1. The lowest BCUT2D eigenvalue weighted by atomic mass is 9.91. The summed E-state index contributed by atoms with van der Waals surface area (Å²) < 4.78 is 5.40. The molecule has 1 N–H and O–H groups in total. The van der Waals surface area contributed by atoms with Crippen LogP contribution in [0.5, 0.6) is 5.75 Å². The number of hydroxylamine groups is 2. The first-order valence-electron chi connectivity index (χ1n) is 12.3. The quantitative estimate of drug-likeness (QED) is 0.560. The third-order valence-electron chi connectivity index (χ3n) is 6.81. The van der Waals surface area contributed by atoms with Gasteiger partial charge in [-0.3, -0.25) is 4.79 Å². The van der Waals surface area contributed by atoms with E-state index in [4.69, 9.17) is 38.2 Å². The van der Waals surface area contributed by atoms with E-state index in [-0.39, 0.29) is 16.9 Å². The summed E-state index contributed by atoms with van der Waals surface area (Å²) in [6.07, 6.45) is 6.03. The molecule has 3 heterocycles. The van der Waals surface area contributed by atoms with E-state index in [9.17, 15) is 4.79 Å². The van der Waals surface area contributed by atoms with Crippen LogP contribution in [0.2, 0.25) is 5.02 Å². The minimum absolute atomic E-state index is 0.0649. The topological polar surface area (TPSA) is 91.8 Å². The van der Waals surface area contributed by atoms with Crippen LogP contribution in [-0.4, -0.2) is 70.9 Å². The van der Waals surface area contributed by atoms with Crippen LogP contribution < -0.4 is 15.0 Å². The maximum atomic E-state index is 13.6. The van der Waals surface area contributed by atoms with Gasteiger partial charge in [-0.2, -0.15) is 0 Å². The number of amides is 1. The van der Waals surface area contributed by atoms with Gasteiger partial charge in [0.2, 0.25) is 5.72 Å². The van der Waals surface area contributed by atoms with Crippen LogP contribution in [0.3, 0.4) is 0 Å². The number of carbonyl (C=O) groups is 1. The molecule has 10 nitrogen and oxygen atoms in total. The molecule has 1 aliphatic carbocycles. The second-order valence-corrected chi connectivity index (χ2v) is 9.88. The number of amidine groups is 1. The number of piperazine rings is 1. The molecule has 1 saturated carbocycles. The number of hydrogen-bond acceptors (Lipinski definition) is 9. The van der Waals surface area contributed by atoms with E-state index in [0.29, 0.717) is 55.5 Å². The molecule has 1 aromatic heterocycles. The predicted molar refractivity (Wildman–Crippen MR) is 145 cm³/mol. The first-order valence-corrected chi connectivity index (χ1v) is 13.1. The average Bonchev–Trinajstić information content (AvgIpc) is 3.25. The number of pyridine rings is 1. The average molecular weight is 545 g/mol. The molecule has 1 aromatic carbocycles. The minimum atomic E-state index is -0.862. The molecule has 1 saturated heterocycles. The van der Waals surface area contributed by atoms with E-state index in [1.165, 1.54) is 5.06 Å². The largest absolute Gasteiger partial charge is 0.495 e. The molecule has 0 unspecified atom stereocenters. The minimum Gasteiger partial charge on any atom is -0.495 e. The number of anilines is 2. The molecule has 2 aliphatic heterocycles. The summed E-state index contributed by atoms with van der Waals surface area (Å²) in [4.78, 5) is 33.8. The number of carbonyl (C=O) groups excluding carboxylic acids is 1. The summed E-state index contributed by atoms with van der Waals surface area (Å²) in [7, 11) is 1.58. The molecule has 5 rings (SSSR count). The molecule has 12 heteroatoms. The van der Waals surface area contributed by atoms with E-state index in [1.54, 1.807) is 24.3 Å². The molecule has 2 fully saturated rings. The predicted octanol–water partition coefficient (Wildman–Crippen LogP) is 4.03. The first kappa shape index (κ1) is 25.3. The lowest BCUT2D eigenvalue weighted by Crippen LogP contribution is -2.57. The SMILES string of the molecule is COc1ccccc1NC(=S)ON1C(C(=O)N2CCN(c3ncccc3Cl)CC2)=NOC12CCCCC2. The van der Waals surface area contributed by atoms with Gasteiger partial charge in [-0.1, -0.05) is 35.3 Å². The highest BCUT2D eigenvalue weighted by atomic mass is 35.5. The molecule has 0 bridgehead atoms. The van der Waals surface area contributed by atoms with Crippen molar-refractivity contribution in [3.8, 4) is 5.75 Å². The molecule has 3 aliphatic rings. The van der Waals surface area contributed by atoms with Crippen molar-refractivity contribution in [3.63, 3.8) is 0 Å². The molecule has 0 radical (unpaired) electrons. The monoisotopic (exact) mass is 544 g/mol. The van der Waals surface area contributed by atoms with Crippen LogP contribution in [-0.2, 0) is 14.5 Å². The Morgan fingerprint density at radius 3 is 2.59 bits per heavy atom. The van der Waals surface area contributed by atoms with Crippen molar-refractivity contribution in [1.82, 2.24) is 14.9 Å². The van der Waals surface area contributed by atoms with Gasteiger partial charge in [0.1, 0.15) is 11.6 Å². The lowest BCUT2D eigenvalue weighted by molar-refractivity contribution is -0.217. The van der Waals surface area contributed by atoms with Gasteiger partial charge in [-0.05, 0) is 49.3 Å². The number of hydrogen-bond donors (Lipinski definition) is 1. The number of halogens is 1. The summed E-state index contributed by atoms with van der Waals surface area (Å²) >= 11 is 11.8. The number of nitrogens with zero attached hydrogens (tertiary/aromatic N) is 5. The maximum absolute atomic E-state index is 13.6. The third-order valence-corrected chi connectivity index (χ3v) is 7.29. The Bertz CT molecular complexity index is 1180. The first-order chi connectivity index (χ1) is 18.0. The number of nitrogens with one attached hydrogen (secondary N) is 1. The second-order valence-electron chi connectivity index (χ2n) is 9.10. The maximum Gasteiger partial charge on any atom is 0.296 e. The van der Waals surface area contributed by atoms with E-state index < -0.39 is 5.72 Å². The van der Waals surface area contributed by atoms with Crippen LogP contribution in [0, 0.1) is 0 Å². The molecule has 2 aromatic rings. The van der Waals surface area contributed by atoms with Crippen molar-refractivity contribution < 1.29 is 19.2 Å². The second kappa shape index (κ2) is 11.0. The number of ether oxygens (including phenoxy) is 1. The van der Waals surface area contributed by atoms with Crippen LogP contribution in [0.25, 0.3) is 0 Å². The number of thiocarbonyl (C=S) groups is 1. The van der Waals surface area contributed by atoms with Crippen molar-refractivity contribution in [1.29, 1.82) is 0 Å². The summed E-state index contributed by atoms with van der Waals surface area (Å²) in [5, 5.41) is 9.41. The van der Waals surface area contributed by atoms with Gasteiger partial charge >= 0.3 is 0 Å². The fraction of sp³-hybridized carbons (Fsp3) is 0.440. The van der Waals surface area contributed by atoms with Gasteiger partial charge in [-0.15, -0.1) is 5.06 Å². The normalized spacial score (nSPS) is 18.8. The number of rotatable bonds is 5. The van der Waals surface area contributed by atoms with Crippen molar-refractivity contribution in [3.05, 3.63) is 47.6 Å². The Labute approximate surface area is 226 Å². The molecule has 37 heavy (non-hydrogen) atoms. The third kappa shape index (κ3) is 5.24. The van der Waals surface area contributed by atoms with Gasteiger partial charge in [0.05, 0.1) is 17.8 Å². The van der Waals surface area contributed by atoms with Crippen LogP contribution >= 0.6 is 23.8 Å². The van der Waals surface area contributed by atoms with Gasteiger partial charge in [0.25, 0.3) is 16.9 Å². The van der Waals surface area contributed by atoms with E-state index in [1.807, 2.05) is 30.3 Å². The molecule has 196 valence electrons. The van der Waals surface area contributed by atoms with Crippen molar-refractivity contribution >= 4 is 52.2 Å². The Kier molecular flexibility index (Phi) is 7.52. The fourth-order valence-electron chi connectivity index (χ4n) is 4.88. The van der Waals surface area contributed by atoms with E-state index >= 15 is 0 Å². The van der Waals surface area contributed by atoms with Crippen LogP contribution in [0.1, 0.15) is 32.1 Å². The van der Waals surface area contributed by atoms with Crippen LogP contribution in [0.15, 0.2) is 47.8 Å². The summed E-state index contributed by atoms with van der Waals surface area (Å²) in [6, 6.07) is 11.0. The molecule has 0 atom stereocenters. The number of oxime groups is 1. The van der Waals surface area contributed by atoms with Gasteiger partial charge in [0, 0.05) is 45.2 Å².